The first-order chi connectivity index (χ1) is 26.1. The molecule has 2 aliphatic rings. The number of Topliss-reactive ketones (excluding diaryl/α,β-unsaturated/α-hetero) is 1. The molecule has 1 unspecified atom stereocenters. The van der Waals surface area contributed by atoms with Crippen LogP contribution in [0.2, 0.25) is 33.2 Å². The molecule has 1 aromatic carbocycles. The van der Waals surface area contributed by atoms with Gasteiger partial charge in [-0.2, -0.15) is 0 Å². The molecule has 0 aromatic heterocycles. The Morgan fingerprint density at radius 2 is 1.27 bits per heavy atom. The fourth-order valence-electron chi connectivity index (χ4n) is 10.2. The predicted molar refractivity (Wildman–Crippen MR) is 227 cm³/mol. The molecule has 6 atom stereocenters. The fourth-order valence-corrected chi connectivity index (χ4v) is 21.1. The number of esters is 1. The first kappa shape index (κ1) is 48.7. The summed E-state index contributed by atoms with van der Waals surface area (Å²) >= 11 is 0. The molecule has 0 bridgehead atoms. The van der Waals surface area contributed by atoms with Crippen molar-refractivity contribution < 1.29 is 47.2 Å². The van der Waals surface area contributed by atoms with Gasteiger partial charge in [0.1, 0.15) is 17.6 Å². The van der Waals surface area contributed by atoms with Gasteiger partial charge in [-0.1, -0.05) is 83.1 Å². The number of ketones is 1. The van der Waals surface area contributed by atoms with Crippen molar-refractivity contribution in [1.82, 2.24) is 0 Å². The van der Waals surface area contributed by atoms with Gasteiger partial charge < -0.3 is 37.6 Å². The number of carbonyl (C=O) groups is 2. The van der Waals surface area contributed by atoms with Crippen LogP contribution in [-0.2, 0) is 32.6 Å². The van der Waals surface area contributed by atoms with Crippen LogP contribution in [0.4, 0.5) is 0 Å². The van der Waals surface area contributed by atoms with E-state index < -0.39 is 53.0 Å². The summed E-state index contributed by atoms with van der Waals surface area (Å²) in [7, 11) is -2.80. The zero-order chi connectivity index (χ0) is 42.2. The Kier molecular flexibility index (Phi) is 18.3. The summed E-state index contributed by atoms with van der Waals surface area (Å²) in [5.74, 6) is -0.673. The number of benzene rings is 1. The largest absolute Gasteiger partial charge is 0.497 e. The number of hydrogen-bond donors (Lipinski definition) is 1. The van der Waals surface area contributed by atoms with Gasteiger partial charge in [0.05, 0.1) is 37.1 Å². The van der Waals surface area contributed by atoms with Crippen LogP contribution >= 0.6 is 0 Å². The molecule has 2 saturated heterocycles. The standard InChI is InChI=1S/C44H78O10Si2/c1-28(2)55(29(3)4,30(5)6)49-21-20-35(45)22-40-26-41(53-44(13,14)52-40)24-36(46)23-38-25-39(51-43(47)34-16-18-37(48-15)19-17-34)27-42(50-38)54-56(31(7)8,32(9)10)33(11)12/h16-19,28-33,35,38-42,45H,20-27H2,1-15H3/t35-,38+,39-,40+,41+,42?/m0/s1. The molecule has 2 fully saturated rings. The monoisotopic (exact) mass is 823 g/mol. The van der Waals surface area contributed by atoms with E-state index in [1.165, 1.54) is 0 Å². The molecule has 322 valence electrons. The minimum Gasteiger partial charge on any atom is -0.497 e. The number of rotatable bonds is 21. The summed E-state index contributed by atoms with van der Waals surface area (Å²) in [6.07, 6.45) is -0.194. The molecule has 12 heteroatoms. The number of ether oxygens (including phenoxy) is 5. The van der Waals surface area contributed by atoms with E-state index in [1.54, 1.807) is 31.4 Å². The fraction of sp³-hybridized carbons (Fsp3) is 0.818. The molecule has 2 heterocycles. The van der Waals surface area contributed by atoms with Crippen LogP contribution in [0.25, 0.3) is 0 Å². The molecular formula is C44H78O10Si2. The Bertz CT molecular complexity index is 1320. The first-order valence-electron chi connectivity index (χ1n) is 21.4. The van der Waals surface area contributed by atoms with Crippen molar-refractivity contribution in [3.63, 3.8) is 0 Å². The average Bonchev–Trinajstić information content (AvgIpc) is 3.07. The van der Waals surface area contributed by atoms with Gasteiger partial charge in [-0.25, -0.2) is 4.79 Å². The van der Waals surface area contributed by atoms with Gasteiger partial charge in [-0.15, -0.1) is 0 Å². The van der Waals surface area contributed by atoms with E-state index in [0.29, 0.717) is 83.3 Å². The third kappa shape index (κ3) is 12.7. The van der Waals surface area contributed by atoms with Gasteiger partial charge in [-0.3, -0.25) is 4.79 Å². The van der Waals surface area contributed by atoms with Crippen molar-refractivity contribution in [2.24, 2.45) is 0 Å². The second-order valence-corrected chi connectivity index (χ2v) is 29.6. The van der Waals surface area contributed by atoms with E-state index in [9.17, 15) is 14.7 Å². The normalized spacial score (nSPS) is 24.1. The Morgan fingerprint density at radius 3 is 1.79 bits per heavy atom. The molecule has 0 aliphatic carbocycles. The molecule has 10 nitrogen and oxygen atoms in total. The van der Waals surface area contributed by atoms with Crippen molar-refractivity contribution in [2.45, 2.75) is 218 Å². The summed E-state index contributed by atoms with van der Waals surface area (Å²) in [6, 6.07) is 6.86. The van der Waals surface area contributed by atoms with E-state index in [-0.39, 0.29) is 30.8 Å². The van der Waals surface area contributed by atoms with Crippen LogP contribution < -0.4 is 4.74 Å². The maximum atomic E-state index is 13.8. The minimum atomic E-state index is -2.36. The zero-order valence-corrected chi connectivity index (χ0v) is 39.5. The van der Waals surface area contributed by atoms with Gasteiger partial charge >= 0.3 is 5.97 Å². The lowest BCUT2D eigenvalue weighted by atomic mass is 9.95. The Hall–Kier alpha value is -1.65. The average molecular weight is 823 g/mol. The van der Waals surface area contributed by atoms with Gasteiger partial charge in [0.2, 0.25) is 8.32 Å². The molecule has 0 amide bonds. The Balaban J connectivity index is 1.70. The van der Waals surface area contributed by atoms with Crippen LogP contribution in [0, 0.1) is 0 Å². The van der Waals surface area contributed by atoms with Crippen LogP contribution in [0.1, 0.15) is 152 Å². The number of carbonyl (C=O) groups excluding carboxylic acids is 2. The summed E-state index contributed by atoms with van der Waals surface area (Å²) < 4.78 is 44.3. The maximum absolute atomic E-state index is 13.8. The zero-order valence-electron chi connectivity index (χ0n) is 37.5. The van der Waals surface area contributed by atoms with Crippen LogP contribution in [-0.4, -0.2) is 89.8 Å². The van der Waals surface area contributed by atoms with Crippen LogP contribution in [0.15, 0.2) is 24.3 Å². The number of hydrogen-bond acceptors (Lipinski definition) is 10. The molecule has 0 saturated carbocycles. The topological polar surface area (TPSA) is 119 Å². The van der Waals surface area contributed by atoms with E-state index in [0.717, 1.165) is 0 Å². The minimum absolute atomic E-state index is 0.00345. The van der Waals surface area contributed by atoms with Crippen molar-refractivity contribution in [2.75, 3.05) is 13.7 Å². The van der Waals surface area contributed by atoms with Crippen LogP contribution in [0.3, 0.4) is 0 Å². The second-order valence-electron chi connectivity index (χ2n) is 18.8. The summed E-state index contributed by atoms with van der Waals surface area (Å²) in [5.41, 5.74) is 2.86. The molecule has 3 rings (SSSR count). The molecular weight excluding hydrogens is 745 g/mol. The van der Waals surface area contributed by atoms with Gasteiger partial charge in [0.25, 0.3) is 0 Å². The lowest BCUT2D eigenvalue weighted by molar-refractivity contribution is -0.302. The van der Waals surface area contributed by atoms with E-state index in [2.05, 4.69) is 83.1 Å². The molecule has 56 heavy (non-hydrogen) atoms. The molecule has 0 radical (unpaired) electrons. The Labute approximate surface area is 341 Å². The number of methoxy groups -OCH3 is 1. The molecule has 2 aliphatic heterocycles. The number of aliphatic hydroxyl groups excluding tert-OH is 1. The van der Waals surface area contributed by atoms with E-state index in [4.69, 9.17) is 32.5 Å². The van der Waals surface area contributed by atoms with Gasteiger partial charge in [0.15, 0.2) is 20.4 Å². The molecule has 0 spiro atoms. The van der Waals surface area contributed by atoms with Crippen LogP contribution in [0.5, 0.6) is 5.75 Å². The van der Waals surface area contributed by atoms with Gasteiger partial charge in [0, 0.05) is 38.7 Å². The van der Waals surface area contributed by atoms with Crippen molar-refractivity contribution in [3.8, 4) is 5.75 Å². The number of aliphatic hydroxyl groups is 1. The third-order valence-electron chi connectivity index (χ3n) is 12.4. The Morgan fingerprint density at radius 1 is 0.750 bits per heavy atom. The second kappa shape index (κ2) is 21.0. The van der Waals surface area contributed by atoms with E-state index in [1.807, 2.05) is 13.8 Å². The third-order valence-corrected chi connectivity index (χ3v) is 24.6. The van der Waals surface area contributed by atoms with Crippen molar-refractivity contribution >= 4 is 28.4 Å². The van der Waals surface area contributed by atoms with E-state index >= 15 is 0 Å². The predicted octanol–water partition coefficient (Wildman–Crippen LogP) is 10.5. The van der Waals surface area contributed by atoms with Crippen molar-refractivity contribution in [3.05, 3.63) is 29.8 Å². The molecule has 1 N–H and O–H groups in total. The highest BCUT2D eigenvalue weighted by molar-refractivity contribution is 6.78. The SMILES string of the molecule is COc1ccc(C(=O)O[C@@H]2CC(O[Si](C(C)C)(C(C)C)C(C)C)O[C@H](CC(=O)C[C@@H]3C[C@@H](C[C@@H](O)CCO[Si](C(C)C)(C(C)C)C(C)C)OC(C)(C)O3)C2)cc1. The lowest BCUT2D eigenvalue weighted by Crippen LogP contribution is -2.53. The highest BCUT2D eigenvalue weighted by Crippen LogP contribution is 2.45. The summed E-state index contributed by atoms with van der Waals surface area (Å²) in [5, 5.41) is 11.1. The quantitative estimate of drug-likeness (QED) is 0.0948. The maximum Gasteiger partial charge on any atom is 0.338 e. The van der Waals surface area contributed by atoms with Crippen molar-refractivity contribution in [1.29, 1.82) is 0 Å². The van der Waals surface area contributed by atoms with Gasteiger partial charge in [-0.05, 0) is 84.2 Å². The lowest BCUT2D eigenvalue weighted by Gasteiger charge is -2.46. The molecule has 1 aromatic rings. The highest BCUT2D eigenvalue weighted by atomic mass is 28.4. The smallest absolute Gasteiger partial charge is 0.338 e. The summed E-state index contributed by atoms with van der Waals surface area (Å²) in [4.78, 5) is 27.1. The highest BCUT2D eigenvalue weighted by Gasteiger charge is 2.49. The first-order valence-corrected chi connectivity index (χ1v) is 25.7. The summed E-state index contributed by atoms with van der Waals surface area (Å²) in [6.45, 7) is 31.2.